The fraction of sp³-hybridized carbons (Fsp3) is 0.600. The third kappa shape index (κ3) is 3.89. The van der Waals surface area contributed by atoms with Gasteiger partial charge in [-0.3, -0.25) is 0 Å². The molecule has 0 aliphatic heterocycles. The van der Waals surface area contributed by atoms with Gasteiger partial charge in [0.05, 0.1) is 7.11 Å². The average Bonchev–Trinajstić information content (AvgIpc) is 2.36. The van der Waals surface area contributed by atoms with Gasteiger partial charge in [-0.1, -0.05) is 20.3 Å². The molecule has 0 radical (unpaired) electrons. The van der Waals surface area contributed by atoms with Crippen molar-refractivity contribution in [1.29, 1.82) is 0 Å². The Morgan fingerprint density at radius 1 is 1.38 bits per heavy atom. The second kappa shape index (κ2) is 5.85. The molecule has 118 valence electrons. The lowest BCUT2D eigenvalue weighted by Gasteiger charge is -2.35. The third-order valence-corrected chi connectivity index (χ3v) is 5.56. The van der Waals surface area contributed by atoms with E-state index >= 15 is 0 Å². The van der Waals surface area contributed by atoms with E-state index in [1.54, 1.807) is 6.07 Å². The smallest absolute Gasteiger partial charge is 0.244 e. The van der Waals surface area contributed by atoms with E-state index in [1.165, 1.54) is 19.2 Å². The number of sulfonamides is 1. The maximum Gasteiger partial charge on any atom is 0.244 e. The first kappa shape index (κ1) is 16.1. The molecule has 1 unspecified atom stereocenters. The summed E-state index contributed by atoms with van der Waals surface area (Å²) in [5, 5.41) is 0. The first-order chi connectivity index (χ1) is 9.73. The summed E-state index contributed by atoms with van der Waals surface area (Å²) in [6.45, 7) is 4.36. The first-order valence-electron chi connectivity index (χ1n) is 7.19. The molecule has 5 nitrogen and oxygen atoms in total. The molecule has 2 rings (SSSR count). The van der Waals surface area contributed by atoms with Gasteiger partial charge in [0.15, 0.2) is 0 Å². The molecule has 0 bridgehead atoms. The molecule has 1 aliphatic rings. The van der Waals surface area contributed by atoms with Gasteiger partial charge in [0, 0.05) is 17.8 Å². The van der Waals surface area contributed by atoms with Crippen molar-refractivity contribution in [3.8, 4) is 5.75 Å². The van der Waals surface area contributed by atoms with Crippen LogP contribution < -0.4 is 15.2 Å². The van der Waals surface area contributed by atoms with Crippen molar-refractivity contribution in [3.63, 3.8) is 0 Å². The van der Waals surface area contributed by atoms with Crippen LogP contribution in [0.1, 0.15) is 39.5 Å². The molecule has 1 aromatic rings. The lowest BCUT2D eigenvalue weighted by atomic mass is 9.75. The van der Waals surface area contributed by atoms with Crippen LogP contribution in [0.25, 0.3) is 0 Å². The summed E-state index contributed by atoms with van der Waals surface area (Å²) < 4.78 is 33.1. The number of nitrogens with one attached hydrogen (secondary N) is 1. The molecule has 0 heterocycles. The Morgan fingerprint density at radius 3 is 2.71 bits per heavy atom. The molecule has 1 aromatic carbocycles. The number of methoxy groups -OCH3 is 1. The van der Waals surface area contributed by atoms with Gasteiger partial charge in [0.2, 0.25) is 10.0 Å². The topological polar surface area (TPSA) is 81.4 Å². The van der Waals surface area contributed by atoms with E-state index in [9.17, 15) is 8.42 Å². The summed E-state index contributed by atoms with van der Waals surface area (Å²) in [5.41, 5.74) is 6.32. The maximum absolute atomic E-state index is 12.6. The van der Waals surface area contributed by atoms with E-state index in [1.807, 2.05) is 0 Å². The molecule has 1 fully saturated rings. The number of benzene rings is 1. The molecule has 0 saturated heterocycles. The van der Waals surface area contributed by atoms with Gasteiger partial charge in [-0.15, -0.1) is 0 Å². The van der Waals surface area contributed by atoms with Gasteiger partial charge in [-0.05, 0) is 36.8 Å². The number of rotatable bonds is 4. The molecule has 0 aromatic heterocycles. The van der Waals surface area contributed by atoms with Crippen LogP contribution in [0.15, 0.2) is 23.1 Å². The number of hydrogen-bond acceptors (Lipinski definition) is 4. The van der Waals surface area contributed by atoms with Crippen LogP contribution >= 0.6 is 0 Å². The second-order valence-corrected chi connectivity index (χ2v) is 8.17. The molecule has 1 saturated carbocycles. The zero-order valence-electron chi connectivity index (χ0n) is 12.8. The summed E-state index contributed by atoms with van der Waals surface area (Å²) >= 11 is 0. The quantitative estimate of drug-likeness (QED) is 0.837. The molecule has 0 spiro atoms. The third-order valence-electron chi connectivity index (χ3n) is 4.00. The average molecular weight is 312 g/mol. The zero-order valence-corrected chi connectivity index (χ0v) is 13.7. The normalized spacial score (nSPS) is 22.0. The van der Waals surface area contributed by atoms with Crippen LogP contribution in [0.5, 0.6) is 5.75 Å². The summed E-state index contributed by atoms with van der Waals surface area (Å²) in [6, 6.07) is 4.56. The van der Waals surface area contributed by atoms with Crippen LogP contribution in [-0.4, -0.2) is 21.6 Å². The van der Waals surface area contributed by atoms with Crippen LogP contribution in [0.4, 0.5) is 5.69 Å². The second-order valence-electron chi connectivity index (χ2n) is 6.49. The highest BCUT2D eigenvalue weighted by Crippen LogP contribution is 2.36. The summed E-state index contributed by atoms with van der Waals surface area (Å²) in [7, 11) is -2.16. The zero-order chi connectivity index (χ0) is 15.7. The molecular weight excluding hydrogens is 288 g/mol. The van der Waals surface area contributed by atoms with Crippen molar-refractivity contribution in [3.05, 3.63) is 18.2 Å². The number of anilines is 1. The van der Waals surface area contributed by atoms with Crippen molar-refractivity contribution >= 4 is 15.7 Å². The lowest BCUT2D eigenvalue weighted by Crippen LogP contribution is -2.40. The van der Waals surface area contributed by atoms with E-state index in [0.29, 0.717) is 5.69 Å². The Labute approximate surface area is 126 Å². The summed E-state index contributed by atoms with van der Waals surface area (Å²) in [6.07, 6.45) is 3.90. The van der Waals surface area contributed by atoms with E-state index in [2.05, 4.69) is 18.6 Å². The highest BCUT2D eigenvalue weighted by atomic mass is 32.2. The Hall–Kier alpha value is -1.27. The Bertz CT molecular complexity index is 611. The highest BCUT2D eigenvalue weighted by molar-refractivity contribution is 7.89. The summed E-state index contributed by atoms with van der Waals surface area (Å²) in [4.78, 5) is 0.141. The van der Waals surface area contributed by atoms with Gasteiger partial charge in [0.25, 0.3) is 0 Å². The summed E-state index contributed by atoms with van der Waals surface area (Å²) in [5.74, 6) is 0.276. The minimum Gasteiger partial charge on any atom is -0.495 e. The van der Waals surface area contributed by atoms with Crippen LogP contribution in [0, 0.1) is 5.41 Å². The van der Waals surface area contributed by atoms with Gasteiger partial charge in [-0.25, -0.2) is 13.1 Å². The van der Waals surface area contributed by atoms with Gasteiger partial charge >= 0.3 is 0 Å². The Kier molecular flexibility index (Phi) is 4.49. The largest absolute Gasteiger partial charge is 0.495 e. The van der Waals surface area contributed by atoms with Gasteiger partial charge in [-0.2, -0.15) is 0 Å². The van der Waals surface area contributed by atoms with Crippen molar-refractivity contribution in [2.45, 2.75) is 50.5 Å². The first-order valence-corrected chi connectivity index (χ1v) is 8.68. The SMILES string of the molecule is COc1cc(N)ccc1S(=O)(=O)NC1CCCC(C)(C)C1. The highest BCUT2D eigenvalue weighted by Gasteiger charge is 2.31. The molecule has 6 heteroatoms. The van der Waals surface area contributed by atoms with Crippen molar-refractivity contribution < 1.29 is 13.2 Å². The van der Waals surface area contributed by atoms with Crippen molar-refractivity contribution in [2.24, 2.45) is 5.41 Å². The van der Waals surface area contributed by atoms with Gasteiger partial charge < -0.3 is 10.5 Å². The Balaban J connectivity index is 2.23. The minimum absolute atomic E-state index is 0.0268. The fourth-order valence-corrected chi connectivity index (χ4v) is 4.41. The van der Waals surface area contributed by atoms with Crippen molar-refractivity contribution in [1.82, 2.24) is 4.72 Å². The van der Waals surface area contributed by atoms with E-state index in [0.717, 1.165) is 25.7 Å². The standard InChI is InChI=1S/C15H24N2O3S/c1-15(2)8-4-5-12(10-15)17-21(18,19)14-7-6-11(16)9-13(14)20-3/h6-7,9,12,17H,4-5,8,10,16H2,1-3H3. The van der Waals surface area contributed by atoms with Crippen LogP contribution in [0.3, 0.4) is 0 Å². The lowest BCUT2D eigenvalue weighted by molar-refractivity contribution is 0.212. The maximum atomic E-state index is 12.6. The minimum atomic E-state index is -3.60. The van der Waals surface area contributed by atoms with E-state index in [-0.39, 0.29) is 22.1 Å². The molecule has 0 amide bonds. The van der Waals surface area contributed by atoms with E-state index < -0.39 is 10.0 Å². The van der Waals surface area contributed by atoms with Crippen LogP contribution in [0.2, 0.25) is 0 Å². The van der Waals surface area contributed by atoms with Crippen molar-refractivity contribution in [2.75, 3.05) is 12.8 Å². The fourth-order valence-electron chi connectivity index (χ4n) is 2.99. The molecular formula is C15H24N2O3S. The van der Waals surface area contributed by atoms with Crippen LogP contribution in [-0.2, 0) is 10.0 Å². The molecule has 3 N–H and O–H groups in total. The monoisotopic (exact) mass is 312 g/mol. The number of ether oxygens (including phenoxy) is 1. The number of hydrogen-bond donors (Lipinski definition) is 2. The van der Waals surface area contributed by atoms with Gasteiger partial charge in [0.1, 0.15) is 10.6 Å². The number of nitrogen functional groups attached to an aromatic ring is 1. The predicted octanol–water partition coefficient (Wildman–Crippen LogP) is 2.52. The Morgan fingerprint density at radius 2 is 2.10 bits per heavy atom. The van der Waals surface area contributed by atoms with E-state index in [4.69, 9.17) is 10.5 Å². The molecule has 1 atom stereocenters. The molecule has 1 aliphatic carbocycles. The molecule has 21 heavy (non-hydrogen) atoms. The predicted molar refractivity (Wildman–Crippen MR) is 83.8 cm³/mol. The number of nitrogens with two attached hydrogens (primary N) is 1.